The molecule has 1 aromatic heterocycles. The zero-order chi connectivity index (χ0) is 21.5. The Hall–Kier alpha value is -3.62. The maximum atomic E-state index is 3.60. The zero-order valence-corrected chi connectivity index (χ0v) is 19.0. The lowest BCUT2D eigenvalue weighted by Crippen LogP contribution is -1.93. The number of hydrogen-bond donors (Lipinski definition) is 0. The molecule has 0 aliphatic rings. The van der Waals surface area contributed by atoms with Gasteiger partial charge in [0.2, 0.25) is 0 Å². The van der Waals surface area contributed by atoms with E-state index < -0.39 is 0 Å². The quantitative estimate of drug-likeness (QED) is 0.241. The Morgan fingerprint density at radius 1 is 0.438 bits per heavy atom. The molecule has 152 valence electrons. The summed E-state index contributed by atoms with van der Waals surface area (Å²) in [5.74, 6) is 0. The summed E-state index contributed by atoms with van der Waals surface area (Å²) in [7, 11) is 0. The Bertz CT molecular complexity index is 1560. The van der Waals surface area contributed by atoms with Gasteiger partial charge < -0.3 is 4.57 Å². The van der Waals surface area contributed by atoms with E-state index in [0.29, 0.717) is 0 Å². The highest BCUT2D eigenvalue weighted by atomic mass is 79.9. The van der Waals surface area contributed by atoms with Crippen molar-refractivity contribution in [3.63, 3.8) is 0 Å². The third kappa shape index (κ3) is 3.24. The first-order chi connectivity index (χ1) is 15.8. The molecule has 5 aromatic carbocycles. The van der Waals surface area contributed by atoms with Crippen molar-refractivity contribution in [1.82, 2.24) is 4.57 Å². The fourth-order valence-corrected chi connectivity index (χ4v) is 4.93. The number of benzene rings is 5. The highest BCUT2D eigenvalue weighted by Crippen LogP contribution is 2.35. The Morgan fingerprint density at radius 3 is 1.88 bits per heavy atom. The van der Waals surface area contributed by atoms with Crippen LogP contribution < -0.4 is 0 Å². The van der Waals surface area contributed by atoms with Crippen LogP contribution in [0.3, 0.4) is 0 Å². The minimum Gasteiger partial charge on any atom is -0.309 e. The number of para-hydroxylation sites is 1. The van der Waals surface area contributed by atoms with E-state index in [1.165, 1.54) is 49.7 Å². The maximum Gasteiger partial charge on any atom is 0.0541 e. The van der Waals surface area contributed by atoms with E-state index in [9.17, 15) is 0 Å². The molecule has 0 aliphatic carbocycles. The van der Waals surface area contributed by atoms with E-state index >= 15 is 0 Å². The first kappa shape index (κ1) is 19.1. The summed E-state index contributed by atoms with van der Waals surface area (Å²) in [6.45, 7) is 0. The van der Waals surface area contributed by atoms with Crippen molar-refractivity contribution >= 4 is 37.7 Å². The van der Waals surface area contributed by atoms with E-state index in [4.69, 9.17) is 0 Å². The van der Waals surface area contributed by atoms with E-state index in [2.05, 4.69) is 142 Å². The van der Waals surface area contributed by atoms with E-state index in [0.717, 1.165) is 4.47 Å². The van der Waals surface area contributed by atoms with Crippen molar-refractivity contribution in [2.24, 2.45) is 0 Å². The van der Waals surface area contributed by atoms with Crippen molar-refractivity contribution < 1.29 is 0 Å². The summed E-state index contributed by atoms with van der Waals surface area (Å²) in [5, 5.41) is 2.54. The highest BCUT2D eigenvalue weighted by Gasteiger charge is 2.13. The van der Waals surface area contributed by atoms with Gasteiger partial charge in [0.1, 0.15) is 0 Å². The molecular weight excluding hydrogens is 454 g/mol. The Kier molecular flexibility index (Phi) is 4.66. The molecule has 0 saturated carbocycles. The second kappa shape index (κ2) is 7.81. The molecule has 1 heterocycles. The average molecular weight is 474 g/mol. The molecule has 0 radical (unpaired) electrons. The molecule has 0 amide bonds. The smallest absolute Gasteiger partial charge is 0.0541 e. The van der Waals surface area contributed by atoms with Crippen molar-refractivity contribution in [1.29, 1.82) is 0 Å². The number of nitrogens with zero attached hydrogens (tertiary/aromatic N) is 1. The number of fused-ring (bicyclic) bond motifs is 3. The second-order valence-electron chi connectivity index (χ2n) is 8.01. The third-order valence-electron chi connectivity index (χ3n) is 6.06. The van der Waals surface area contributed by atoms with E-state index in [1.54, 1.807) is 0 Å². The zero-order valence-electron chi connectivity index (χ0n) is 17.4. The van der Waals surface area contributed by atoms with Gasteiger partial charge in [-0.05, 0) is 64.7 Å². The minimum absolute atomic E-state index is 1.09. The summed E-state index contributed by atoms with van der Waals surface area (Å²) in [5.41, 5.74) is 8.52. The maximum absolute atomic E-state index is 3.60. The monoisotopic (exact) mass is 473 g/mol. The summed E-state index contributed by atoms with van der Waals surface area (Å²) in [4.78, 5) is 0. The molecule has 0 atom stereocenters. The highest BCUT2D eigenvalue weighted by molar-refractivity contribution is 9.10. The van der Waals surface area contributed by atoms with Crippen LogP contribution in [0.25, 0.3) is 49.7 Å². The SMILES string of the molecule is Brc1cccc(-c2ccc3c(c2)c2ccccc2n3-c2ccc(-c3ccccc3)cc2)c1. The predicted octanol–water partition coefficient (Wildman–Crippen LogP) is 8.88. The molecule has 0 unspecified atom stereocenters. The van der Waals surface area contributed by atoms with Gasteiger partial charge in [-0.15, -0.1) is 0 Å². The lowest BCUT2D eigenvalue weighted by Gasteiger charge is -2.10. The van der Waals surface area contributed by atoms with Crippen LogP contribution in [0.15, 0.2) is 126 Å². The molecule has 2 heteroatoms. The molecular formula is C30H20BrN. The lowest BCUT2D eigenvalue weighted by atomic mass is 10.0. The summed E-state index contributed by atoms with van der Waals surface area (Å²) in [6.07, 6.45) is 0. The minimum atomic E-state index is 1.09. The van der Waals surface area contributed by atoms with Crippen LogP contribution in [0.4, 0.5) is 0 Å². The molecule has 1 nitrogen and oxygen atoms in total. The largest absolute Gasteiger partial charge is 0.309 e. The first-order valence-corrected chi connectivity index (χ1v) is 11.5. The van der Waals surface area contributed by atoms with Crippen LogP contribution in [0, 0.1) is 0 Å². The summed E-state index contributed by atoms with van der Waals surface area (Å²) in [6, 6.07) is 43.3. The van der Waals surface area contributed by atoms with Crippen LogP contribution in [-0.2, 0) is 0 Å². The number of rotatable bonds is 3. The van der Waals surface area contributed by atoms with E-state index in [1.807, 2.05) is 0 Å². The van der Waals surface area contributed by atoms with Gasteiger partial charge in [0.05, 0.1) is 11.0 Å². The summed E-state index contributed by atoms with van der Waals surface area (Å²) >= 11 is 3.60. The van der Waals surface area contributed by atoms with Gasteiger partial charge in [-0.25, -0.2) is 0 Å². The fourth-order valence-electron chi connectivity index (χ4n) is 4.53. The molecule has 0 fully saturated rings. The average Bonchev–Trinajstić information content (AvgIpc) is 3.18. The normalized spacial score (nSPS) is 11.3. The molecule has 0 spiro atoms. The van der Waals surface area contributed by atoms with Crippen LogP contribution >= 0.6 is 15.9 Å². The molecule has 0 bridgehead atoms. The molecule has 6 rings (SSSR count). The van der Waals surface area contributed by atoms with Gasteiger partial charge in [0.15, 0.2) is 0 Å². The van der Waals surface area contributed by atoms with Crippen LogP contribution in [0.1, 0.15) is 0 Å². The summed E-state index contributed by atoms with van der Waals surface area (Å²) < 4.78 is 3.46. The van der Waals surface area contributed by atoms with Gasteiger partial charge in [-0.2, -0.15) is 0 Å². The standard InChI is InChI=1S/C30H20BrN/c31-25-10-6-9-23(19-25)24-15-18-30-28(20-24)27-11-4-5-12-29(27)32(30)26-16-13-22(14-17-26)21-7-2-1-3-8-21/h1-20H. The lowest BCUT2D eigenvalue weighted by molar-refractivity contribution is 1.18. The molecule has 0 N–H and O–H groups in total. The van der Waals surface area contributed by atoms with Gasteiger partial charge in [0, 0.05) is 20.9 Å². The topological polar surface area (TPSA) is 4.93 Å². The number of aromatic nitrogens is 1. The van der Waals surface area contributed by atoms with E-state index in [-0.39, 0.29) is 0 Å². The molecule has 6 aromatic rings. The number of halogens is 1. The number of hydrogen-bond acceptors (Lipinski definition) is 0. The van der Waals surface area contributed by atoms with Gasteiger partial charge >= 0.3 is 0 Å². The van der Waals surface area contributed by atoms with Crippen LogP contribution in [0.2, 0.25) is 0 Å². The Morgan fingerprint density at radius 2 is 1.06 bits per heavy atom. The van der Waals surface area contributed by atoms with Gasteiger partial charge in [-0.3, -0.25) is 0 Å². The van der Waals surface area contributed by atoms with Gasteiger partial charge in [0.25, 0.3) is 0 Å². The molecule has 32 heavy (non-hydrogen) atoms. The molecule has 0 saturated heterocycles. The third-order valence-corrected chi connectivity index (χ3v) is 6.56. The Labute approximate surface area is 195 Å². The van der Waals surface area contributed by atoms with Crippen molar-refractivity contribution in [3.05, 3.63) is 126 Å². The fraction of sp³-hybridized carbons (Fsp3) is 0. The van der Waals surface area contributed by atoms with Crippen molar-refractivity contribution in [2.75, 3.05) is 0 Å². The van der Waals surface area contributed by atoms with Crippen LogP contribution in [0.5, 0.6) is 0 Å². The second-order valence-corrected chi connectivity index (χ2v) is 8.92. The van der Waals surface area contributed by atoms with Crippen LogP contribution in [-0.4, -0.2) is 4.57 Å². The van der Waals surface area contributed by atoms with Gasteiger partial charge in [-0.1, -0.05) is 94.8 Å². The van der Waals surface area contributed by atoms with Crippen molar-refractivity contribution in [2.45, 2.75) is 0 Å². The van der Waals surface area contributed by atoms with Crippen molar-refractivity contribution in [3.8, 4) is 27.9 Å². The molecule has 0 aliphatic heterocycles. The Balaban J connectivity index is 1.54. The predicted molar refractivity (Wildman–Crippen MR) is 139 cm³/mol. The first-order valence-electron chi connectivity index (χ1n) is 10.7.